The smallest absolute Gasteiger partial charge is 0.331 e. The average molecular weight is 308 g/mol. The van der Waals surface area contributed by atoms with E-state index < -0.39 is 18.0 Å². The van der Waals surface area contributed by atoms with Crippen molar-refractivity contribution in [2.75, 3.05) is 7.05 Å². The zero-order valence-corrected chi connectivity index (χ0v) is 12.5. The van der Waals surface area contributed by atoms with E-state index in [1.165, 1.54) is 15.8 Å². The molecule has 0 aliphatic rings. The van der Waals surface area contributed by atoms with Crippen molar-refractivity contribution in [2.45, 2.75) is 12.6 Å². The number of amides is 2. The van der Waals surface area contributed by atoms with E-state index in [4.69, 9.17) is 0 Å². The number of thiophene rings is 1. The van der Waals surface area contributed by atoms with E-state index in [1.54, 1.807) is 31.6 Å². The fraction of sp³-hybridized carbons (Fsp3) is 0.308. The van der Waals surface area contributed by atoms with Gasteiger partial charge in [-0.1, -0.05) is 0 Å². The van der Waals surface area contributed by atoms with Crippen LogP contribution in [-0.4, -0.2) is 38.8 Å². The van der Waals surface area contributed by atoms with Crippen molar-refractivity contribution in [3.63, 3.8) is 0 Å². The monoisotopic (exact) mass is 308 g/mol. The van der Waals surface area contributed by atoms with Gasteiger partial charge in [0, 0.05) is 32.4 Å². The van der Waals surface area contributed by atoms with Crippen LogP contribution in [0.4, 0.5) is 4.79 Å². The number of carbonyl (C=O) groups is 2. The molecular formula is C13H16N4O3S. The van der Waals surface area contributed by atoms with E-state index in [0.29, 0.717) is 12.1 Å². The lowest BCUT2D eigenvalue weighted by molar-refractivity contribution is -0.139. The first kappa shape index (κ1) is 15.0. The number of carbonyl (C=O) groups excluding carboxylic acids is 1. The molecule has 8 heteroatoms. The molecule has 0 saturated carbocycles. The summed E-state index contributed by atoms with van der Waals surface area (Å²) in [4.78, 5) is 24.8. The number of rotatable bonds is 5. The Kier molecular flexibility index (Phi) is 4.59. The number of hydrogen-bond donors (Lipinski definition) is 2. The van der Waals surface area contributed by atoms with Gasteiger partial charge < -0.3 is 15.3 Å². The third kappa shape index (κ3) is 3.82. The van der Waals surface area contributed by atoms with Gasteiger partial charge in [0.2, 0.25) is 0 Å². The summed E-state index contributed by atoms with van der Waals surface area (Å²) in [5, 5.41) is 19.5. The zero-order chi connectivity index (χ0) is 15.4. The Balaban J connectivity index is 2.03. The van der Waals surface area contributed by atoms with Crippen molar-refractivity contribution >= 4 is 23.3 Å². The van der Waals surface area contributed by atoms with Crippen LogP contribution in [0.15, 0.2) is 29.2 Å². The minimum Gasteiger partial charge on any atom is -0.479 e. The highest BCUT2D eigenvalue weighted by molar-refractivity contribution is 7.07. The summed E-state index contributed by atoms with van der Waals surface area (Å²) in [7, 11) is 3.31. The Morgan fingerprint density at radius 3 is 2.86 bits per heavy atom. The second-order valence-electron chi connectivity index (χ2n) is 4.66. The van der Waals surface area contributed by atoms with E-state index in [2.05, 4.69) is 10.4 Å². The molecule has 0 fully saturated rings. The van der Waals surface area contributed by atoms with Crippen molar-refractivity contribution in [3.05, 3.63) is 40.3 Å². The first-order valence-electron chi connectivity index (χ1n) is 6.21. The molecule has 2 N–H and O–H groups in total. The lowest BCUT2D eigenvalue weighted by Gasteiger charge is -2.20. The van der Waals surface area contributed by atoms with Crippen LogP contribution in [0.1, 0.15) is 17.2 Å². The molecule has 0 bridgehead atoms. The van der Waals surface area contributed by atoms with Gasteiger partial charge in [-0.05, 0) is 22.4 Å². The summed E-state index contributed by atoms with van der Waals surface area (Å²) < 4.78 is 1.49. The van der Waals surface area contributed by atoms with E-state index in [-0.39, 0.29) is 0 Å². The fourth-order valence-electron chi connectivity index (χ4n) is 1.84. The third-order valence-corrected chi connectivity index (χ3v) is 3.65. The van der Waals surface area contributed by atoms with Gasteiger partial charge in [0.15, 0.2) is 6.04 Å². The molecule has 2 rings (SSSR count). The van der Waals surface area contributed by atoms with Crippen LogP contribution >= 0.6 is 11.3 Å². The number of hydrogen-bond acceptors (Lipinski definition) is 4. The molecule has 0 radical (unpaired) electrons. The van der Waals surface area contributed by atoms with Crippen LogP contribution in [0, 0.1) is 0 Å². The molecule has 112 valence electrons. The Morgan fingerprint density at radius 2 is 2.33 bits per heavy atom. The molecule has 0 spiro atoms. The minimum absolute atomic E-state index is 0.425. The SMILES string of the molecule is CN(Cc1ccsc1)C(=O)NC(C(=O)O)c1cnn(C)c1. The maximum absolute atomic E-state index is 12.1. The van der Waals surface area contributed by atoms with Gasteiger partial charge in [-0.25, -0.2) is 9.59 Å². The van der Waals surface area contributed by atoms with E-state index >= 15 is 0 Å². The lowest BCUT2D eigenvalue weighted by atomic mass is 10.1. The normalized spacial score (nSPS) is 11.9. The van der Waals surface area contributed by atoms with Crippen molar-refractivity contribution in [1.82, 2.24) is 20.0 Å². The largest absolute Gasteiger partial charge is 0.479 e. The molecular weight excluding hydrogens is 292 g/mol. The van der Waals surface area contributed by atoms with Crippen LogP contribution in [-0.2, 0) is 18.4 Å². The number of nitrogens with one attached hydrogen (secondary N) is 1. The summed E-state index contributed by atoms with van der Waals surface area (Å²) in [5.74, 6) is -1.12. The maximum atomic E-state index is 12.1. The van der Waals surface area contributed by atoms with Gasteiger partial charge in [0.25, 0.3) is 0 Å². The minimum atomic E-state index is -1.12. The van der Waals surface area contributed by atoms with Crippen LogP contribution < -0.4 is 5.32 Å². The third-order valence-electron chi connectivity index (χ3n) is 2.92. The standard InChI is InChI=1S/C13H16N4O3S/c1-16(6-9-3-4-21-8-9)13(20)15-11(12(18)19)10-5-14-17(2)7-10/h3-5,7-8,11H,6H2,1-2H3,(H,15,20)(H,18,19). The van der Waals surface area contributed by atoms with E-state index in [1.807, 2.05) is 16.8 Å². The van der Waals surface area contributed by atoms with Crippen LogP contribution in [0.2, 0.25) is 0 Å². The van der Waals surface area contributed by atoms with Crippen molar-refractivity contribution in [3.8, 4) is 0 Å². The van der Waals surface area contributed by atoms with Gasteiger partial charge in [0.1, 0.15) is 0 Å². The Morgan fingerprint density at radius 1 is 1.57 bits per heavy atom. The molecule has 0 aromatic carbocycles. The topological polar surface area (TPSA) is 87.5 Å². The Labute approximate surface area is 125 Å². The predicted octanol–water partition coefficient (Wildman–Crippen LogP) is 1.45. The number of carboxylic acids is 1. The quantitative estimate of drug-likeness (QED) is 0.875. The van der Waals surface area contributed by atoms with Gasteiger partial charge >= 0.3 is 12.0 Å². The molecule has 2 aromatic rings. The van der Waals surface area contributed by atoms with Gasteiger partial charge in [-0.2, -0.15) is 16.4 Å². The second kappa shape index (κ2) is 6.40. The second-order valence-corrected chi connectivity index (χ2v) is 5.44. The molecule has 7 nitrogen and oxygen atoms in total. The van der Waals surface area contributed by atoms with Crippen molar-refractivity contribution in [2.24, 2.45) is 7.05 Å². The molecule has 1 unspecified atom stereocenters. The first-order chi connectivity index (χ1) is 9.97. The fourth-order valence-corrected chi connectivity index (χ4v) is 2.50. The van der Waals surface area contributed by atoms with Gasteiger partial charge in [-0.3, -0.25) is 4.68 Å². The van der Waals surface area contributed by atoms with Crippen LogP contribution in [0.3, 0.4) is 0 Å². The molecule has 1 atom stereocenters. The first-order valence-corrected chi connectivity index (χ1v) is 7.15. The van der Waals surface area contributed by atoms with E-state index in [0.717, 1.165) is 5.56 Å². The summed E-state index contributed by atoms with van der Waals surface area (Å²) >= 11 is 1.55. The number of aromatic nitrogens is 2. The predicted molar refractivity (Wildman–Crippen MR) is 77.9 cm³/mol. The number of urea groups is 1. The van der Waals surface area contributed by atoms with Gasteiger partial charge in [0.05, 0.1) is 6.20 Å². The summed E-state index contributed by atoms with van der Waals surface area (Å²) in [5.41, 5.74) is 1.44. The Bertz CT molecular complexity index is 623. The molecule has 0 saturated heterocycles. The van der Waals surface area contributed by atoms with Gasteiger partial charge in [-0.15, -0.1) is 0 Å². The molecule has 0 aliphatic carbocycles. The average Bonchev–Trinajstić information content (AvgIpc) is 3.06. The van der Waals surface area contributed by atoms with Crippen LogP contribution in [0.25, 0.3) is 0 Å². The zero-order valence-electron chi connectivity index (χ0n) is 11.7. The molecule has 2 amide bonds. The van der Waals surface area contributed by atoms with Crippen molar-refractivity contribution < 1.29 is 14.7 Å². The van der Waals surface area contributed by atoms with Crippen molar-refractivity contribution in [1.29, 1.82) is 0 Å². The molecule has 2 heterocycles. The number of nitrogens with zero attached hydrogens (tertiary/aromatic N) is 3. The number of aliphatic carboxylic acids is 1. The highest BCUT2D eigenvalue weighted by atomic mass is 32.1. The molecule has 21 heavy (non-hydrogen) atoms. The highest BCUT2D eigenvalue weighted by Crippen LogP contribution is 2.13. The summed E-state index contributed by atoms with van der Waals surface area (Å²) in [6, 6.07) is 0.359. The molecule has 0 aliphatic heterocycles. The lowest BCUT2D eigenvalue weighted by Crippen LogP contribution is -2.41. The maximum Gasteiger partial charge on any atom is 0.331 e. The summed E-state index contributed by atoms with van der Waals surface area (Å²) in [6.07, 6.45) is 3.00. The van der Waals surface area contributed by atoms with E-state index in [9.17, 15) is 14.7 Å². The highest BCUT2D eigenvalue weighted by Gasteiger charge is 2.24. The number of aryl methyl sites for hydroxylation is 1. The Hall–Kier alpha value is -2.35. The summed E-state index contributed by atoms with van der Waals surface area (Å²) in [6.45, 7) is 0.425. The van der Waals surface area contributed by atoms with Crippen LogP contribution in [0.5, 0.6) is 0 Å². The number of carboxylic acid groups (broad SMARTS) is 1. The molecule has 2 aromatic heterocycles.